The van der Waals surface area contributed by atoms with Crippen LogP contribution in [-0.4, -0.2) is 29.1 Å². The highest BCUT2D eigenvalue weighted by molar-refractivity contribution is 5.83. The van der Waals surface area contributed by atoms with Crippen LogP contribution in [0.15, 0.2) is 4.42 Å². The third-order valence-corrected chi connectivity index (χ3v) is 1.95. The molecular formula is C9H11N3O3. The van der Waals surface area contributed by atoms with Crippen LogP contribution in [0.4, 0.5) is 5.88 Å². The zero-order chi connectivity index (χ0) is 11.4. The first-order valence-corrected chi connectivity index (χ1v) is 4.53. The van der Waals surface area contributed by atoms with E-state index in [9.17, 15) is 4.79 Å². The summed E-state index contributed by atoms with van der Waals surface area (Å²) in [6.45, 7) is 5.01. The van der Waals surface area contributed by atoms with Gasteiger partial charge in [-0.3, -0.25) is 0 Å². The lowest BCUT2D eigenvalue weighted by molar-refractivity contribution is 0.0654. The molecule has 1 aromatic heterocycles. The summed E-state index contributed by atoms with van der Waals surface area (Å²) < 4.78 is 5.00. The molecule has 1 aromatic rings. The summed E-state index contributed by atoms with van der Waals surface area (Å²) in [5.41, 5.74) is 0.0103. The van der Waals surface area contributed by atoms with Crippen molar-refractivity contribution in [3.8, 4) is 6.07 Å². The summed E-state index contributed by atoms with van der Waals surface area (Å²) >= 11 is 0. The minimum absolute atomic E-state index is 0.0103. The minimum Gasteiger partial charge on any atom is -0.474 e. The summed E-state index contributed by atoms with van der Waals surface area (Å²) in [5.74, 6) is -1.50. The van der Waals surface area contributed by atoms with Crippen molar-refractivity contribution >= 4 is 11.9 Å². The van der Waals surface area contributed by atoms with E-state index < -0.39 is 11.9 Å². The summed E-state index contributed by atoms with van der Waals surface area (Å²) in [5, 5.41) is 17.4. The van der Waals surface area contributed by atoms with Crippen LogP contribution in [0.1, 0.15) is 30.2 Å². The number of oxazole rings is 1. The third kappa shape index (κ3) is 2.07. The topological polar surface area (TPSA) is 90.4 Å². The Hall–Kier alpha value is -2.03. The molecule has 0 bridgehead atoms. The predicted molar refractivity (Wildman–Crippen MR) is 51.7 cm³/mol. The molecule has 0 spiro atoms. The van der Waals surface area contributed by atoms with Crippen LogP contribution in [0.3, 0.4) is 0 Å². The Morgan fingerprint density at radius 2 is 2.20 bits per heavy atom. The highest BCUT2D eigenvalue weighted by atomic mass is 16.4. The van der Waals surface area contributed by atoms with Crippen molar-refractivity contribution in [2.24, 2.45) is 0 Å². The van der Waals surface area contributed by atoms with Crippen LogP contribution in [0.25, 0.3) is 0 Å². The van der Waals surface area contributed by atoms with Crippen LogP contribution in [-0.2, 0) is 0 Å². The molecule has 0 amide bonds. The Kier molecular flexibility index (Phi) is 3.29. The Balaban J connectivity index is 3.17. The molecule has 0 atom stereocenters. The molecule has 0 aliphatic rings. The normalized spacial score (nSPS) is 9.67. The maximum absolute atomic E-state index is 10.6. The Morgan fingerprint density at radius 3 is 2.60 bits per heavy atom. The second kappa shape index (κ2) is 4.46. The van der Waals surface area contributed by atoms with E-state index >= 15 is 0 Å². The van der Waals surface area contributed by atoms with Gasteiger partial charge in [0.1, 0.15) is 6.07 Å². The van der Waals surface area contributed by atoms with Gasteiger partial charge in [-0.25, -0.2) is 4.79 Å². The van der Waals surface area contributed by atoms with Crippen molar-refractivity contribution in [1.82, 2.24) is 4.98 Å². The van der Waals surface area contributed by atoms with E-state index in [1.807, 2.05) is 19.9 Å². The van der Waals surface area contributed by atoms with Crippen LogP contribution in [0.2, 0.25) is 0 Å². The number of nitrogens with zero attached hydrogens (tertiary/aromatic N) is 3. The lowest BCUT2D eigenvalue weighted by atomic mass is 10.4. The number of anilines is 1. The lowest BCUT2D eigenvalue weighted by Crippen LogP contribution is -2.22. The largest absolute Gasteiger partial charge is 0.474 e. The molecule has 1 N–H and O–H groups in total. The van der Waals surface area contributed by atoms with Gasteiger partial charge < -0.3 is 14.4 Å². The van der Waals surface area contributed by atoms with Crippen LogP contribution in [0, 0.1) is 11.3 Å². The molecule has 0 saturated heterocycles. The van der Waals surface area contributed by atoms with Crippen molar-refractivity contribution in [3.63, 3.8) is 0 Å². The SMILES string of the molecule is CCN(CC)c1oc(C(=O)O)nc1C#N. The van der Waals surface area contributed by atoms with Gasteiger partial charge in [0.2, 0.25) is 11.6 Å². The Bertz CT molecular complexity index is 401. The summed E-state index contributed by atoms with van der Waals surface area (Å²) in [7, 11) is 0. The zero-order valence-corrected chi connectivity index (χ0v) is 8.52. The predicted octanol–water partition coefficient (Wildman–Crippen LogP) is 1.09. The fourth-order valence-corrected chi connectivity index (χ4v) is 1.20. The molecule has 0 fully saturated rings. The molecule has 1 rings (SSSR count). The molecule has 0 unspecified atom stereocenters. The number of nitriles is 1. The number of carbonyl (C=O) groups is 1. The Morgan fingerprint density at radius 1 is 1.60 bits per heavy atom. The van der Waals surface area contributed by atoms with Crippen molar-refractivity contribution in [2.75, 3.05) is 18.0 Å². The molecule has 80 valence electrons. The lowest BCUT2D eigenvalue weighted by Gasteiger charge is -2.16. The fraction of sp³-hybridized carbons (Fsp3) is 0.444. The van der Waals surface area contributed by atoms with Gasteiger partial charge in [-0.2, -0.15) is 10.2 Å². The van der Waals surface area contributed by atoms with Gasteiger partial charge in [0.25, 0.3) is 0 Å². The van der Waals surface area contributed by atoms with Crippen LogP contribution in [0.5, 0.6) is 0 Å². The highest BCUT2D eigenvalue weighted by Gasteiger charge is 2.20. The average molecular weight is 209 g/mol. The minimum atomic E-state index is -1.27. The molecule has 0 aliphatic heterocycles. The highest BCUT2D eigenvalue weighted by Crippen LogP contribution is 2.21. The molecule has 0 aromatic carbocycles. The maximum atomic E-state index is 10.6. The van der Waals surface area contributed by atoms with E-state index in [1.165, 1.54) is 0 Å². The average Bonchev–Trinajstić information content (AvgIpc) is 2.64. The molecule has 0 saturated carbocycles. The summed E-state index contributed by atoms with van der Waals surface area (Å²) in [6.07, 6.45) is 0. The summed E-state index contributed by atoms with van der Waals surface area (Å²) in [4.78, 5) is 15.9. The van der Waals surface area contributed by atoms with Crippen LogP contribution >= 0.6 is 0 Å². The first kappa shape index (κ1) is 11.0. The molecule has 6 heteroatoms. The first-order valence-electron chi connectivity index (χ1n) is 4.53. The van der Waals surface area contributed by atoms with Gasteiger partial charge in [0.05, 0.1) is 0 Å². The van der Waals surface area contributed by atoms with E-state index in [0.717, 1.165) is 0 Å². The van der Waals surface area contributed by atoms with Gasteiger partial charge in [0.15, 0.2) is 0 Å². The number of carboxylic acid groups (broad SMARTS) is 1. The number of rotatable bonds is 4. The molecule has 0 aliphatic carbocycles. The molecule has 1 heterocycles. The smallest absolute Gasteiger partial charge is 0.392 e. The molecule has 0 radical (unpaired) electrons. The maximum Gasteiger partial charge on any atom is 0.392 e. The van der Waals surface area contributed by atoms with Gasteiger partial charge in [-0.15, -0.1) is 0 Å². The Labute approximate surface area is 86.7 Å². The number of hydrogen-bond donors (Lipinski definition) is 1. The standard InChI is InChI=1S/C9H11N3O3/c1-3-12(4-2)8-6(5-10)11-7(15-8)9(13)14/h3-4H2,1-2H3,(H,13,14). The second-order valence-corrected chi connectivity index (χ2v) is 2.76. The van der Waals surface area contributed by atoms with E-state index in [1.54, 1.807) is 4.90 Å². The second-order valence-electron chi connectivity index (χ2n) is 2.76. The quantitative estimate of drug-likeness (QED) is 0.798. The van der Waals surface area contributed by atoms with E-state index in [-0.39, 0.29) is 11.6 Å². The van der Waals surface area contributed by atoms with E-state index in [4.69, 9.17) is 14.8 Å². The number of aromatic nitrogens is 1. The van der Waals surface area contributed by atoms with Gasteiger partial charge in [0, 0.05) is 13.1 Å². The first-order chi connectivity index (χ1) is 7.13. The van der Waals surface area contributed by atoms with E-state index in [2.05, 4.69) is 4.98 Å². The van der Waals surface area contributed by atoms with Gasteiger partial charge in [-0.05, 0) is 13.8 Å². The number of aromatic carboxylic acids is 1. The summed E-state index contributed by atoms with van der Waals surface area (Å²) in [6, 6.07) is 1.81. The van der Waals surface area contributed by atoms with Crippen molar-refractivity contribution in [1.29, 1.82) is 5.26 Å². The number of hydrogen-bond acceptors (Lipinski definition) is 5. The van der Waals surface area contributed by atoms with Crippen molar-refractivity contribution in [3.05, 3.63) is 11.6 Å². The fourth-order valence-electron chi connectivity index (χ4n) is 1.20. The van der Waals surface area contributed by atoms with Gasteiger partial charge in [-0.1, -0.05) is 0 Å². The molecule has 6 nitrogen and oxygen atoms in total. The third-order valence-electron chi connectivity index (χ3n) is 1.95. The van der Waals surface area contributed by atoms with Gasteiger partial charge >= 0.3 is 11.9 Å². The molecule has 15 heavy (non-hydrogen) atoms. The van der Waals surface area contributed by atoms with Crippen molar-refractivity contribution in [2.45, 2.75) is 13.8 Å². The zero-order valence-electron chi connectivity index (χ0n) is 8.52. The number of carboxylic acids is 1. The van der Waals surface area contributed by atoms with Crippen LogP contribution < -0.4 is 4.90 Å². The van der Waals surface area contributed by atoms with E-state index in [0.29, 0.717) is 13.1 Å². The monoisotopic (exact) mass is 209 g/mol. The molecular weight excluding hydrogens is 198 g/mol. The van der Waals surface area contributed by atoms with Crippen molar-refractivity contribution < 1.29 is 14.3 Å².